The van der Waals surface area contributed by atoms with E-state index in [1.165, 1.54) is 18.4 Å². The van der Waals surface area contributed by atoms with Crippen molar-refractivity contribution in [2.24, 2.45) is 0 Å². The molecule has 1 aliphatic heterocycles. The largest absolute Gasteiger partial charge is 0.306 e. The number of carbonyl (C=O) groups excluding carboxylic acids is 1. The molecule has 1 N–H and O–H groups in total. The van der Waals surface area contributed by atoms with E-state index >= 15 is 0 Å². The van der Waals surface area contributed by atoms with E-state index in [1.807, 2.05) is 29.2 Å². The number of aromatic amines is 1. The first-order valence-corrected chi connectivity index (χ1v) is 6.78. The predicted molar refractivity (Wildman–Crippen MR) is 72.4 cm³/mol. The Morgan fingerprint density at radius 3 is 3.00 bits per heavy atom. The smallest absolute Gasteiger partial charge is 0.278 e. The second kappa shape index (κ2) is 3.95. The van der Waals surface area contributed by atoms with Gasteiger partial charge in [0.2, 0.25) is 0 Å². The van der Waals surface area contributed by atoms with E-state index in [2.05, 4.69) is 16.3 Å². The third kappa shape index (κ3) is 1.75. The normalized spacial score (nSPS) is 17.6. The van der Waals surface area contributed by atoms with E-state index in [9.17, 15) is 4.79 Å². The Labute approximate surface area is 111 Å². The number of anilines is 1. The van der Waals surface area contributed by atoms with Gasteiger partial charge in [-0.2, -0.15) is 5.10 Å². The van der Waals surface area contributed by atoms with Gasteiger partial charge in [0.05, 0.1) is 0 Å². The first-order valence-electron chi connectivity index (χ1n) is 6.78. The molecule has 2 aromatic rings. The molecule has 0 saturated heterocycles. The molecule has 1 aromatic carbocycles. The summed E-state index contributed by atoms with van der Waals surface area (Å²) in [5, 5.41) is 7.18. The highest BCUT2D eigenvalue weighted by Gasteiger charge is 2.30. The number of carbonyl (C=O) groups is 1. The molecular formula is C15H15N3O. The van der Waals surface area contributed by atoms with Gasteiger partial charge in [0, 0.05) is 23.8 Å². The summed E-state index contributed by atoms with van der Waals surface area (Å²) >= 11 is 0. The average molecular weight is 253 g/mol. The third-order valence-corrected chi connectivity index (χ3v) is 3.97. The Morgan fingerprint density at radius 1 is 1.32 bits per heavy atom. The molecule has 0 unspecified atom stereocenters. The van der Waals surface area contributed by atoms with Gasteiger partial charge in [-0.25, -0.2) is 0 Å². The molecule has 4 nitrogen and oxygen atoms in total. The quantitative estimate of drug-likeness (QED) is 0.894. The van der Waals surface area contributed by atoms with Crippen LogP contribution in [-0.4, -0.2) is 22.6 Å². The summed E-state index contributed by atoms with van der Waals surface area (Å²) in [6.07, 6.45) is 3.35. The average Bonchev–Trinajstić information content (AvgIpc) is 3.03. The molecule has 2 heterocycles. The lowest BCUT2D eigenvalue weighted by Gasteiger charge is -2.15. The standard InChI is InChI=1S/C15H15N3O/c19-15(13-9-12(16-17-13)10-5-6-10)18-8-7-11-3-1-2-4-14(11)18/h1-4,9-10H,5-8H2,(H,16,17). The topological polar surface area (TPSA) is 49.0 Å². The molecular weight excluding hydrogens is 238 g/mol. The van der Waals surface area contributed by atoms with Gasteiger partial charge < -0.3 is 4.90 Å². The Kier molecular flexibility index (Phi) is 2.24. The maximum absolute atomic E-state index is 12.5. The summed E-state index contributed by atoms with van der Waals surface area (Å²) in [4.78, 5) is 14.3. The van der Waals surface area contributed by atoms with Crippen molar-refractivity contribution < 1.29 is 4.79 Å². The first kappa shape index (κ1) is 10.8. The second-order valence-corrected chi connectivity index (χ2v) is 5.32. The third-order valence-electron chi connectivity index (χ3n) is 3.97. The SMILES string of the molecule is O=C(c1cc(C2CC2)[nH]n1)N1CCc2ccccc21. The summed E-state index contributed by atoms with van der Waals surface area (Å²) in [5.74, 6) is 0.605. The minimum absolute atomic E-state index is 0.00750. The molecule has 1 aliphatic carbocycles. The van der Waals surface area contributed by atoms with Gasteiger partial charge in [0.15, 0.2) is 5.69 Å². The van der Waals surface area contributed by atoms with Gasteiger partial charge >= 0.3 is 0 Å². The van der Waals surface area contributed by atoms with Gasteiger partial charge in [-0.3, -0.25) is 9.89 Å². The van der Waals surface area contributed by atoms with Crippen LogP contribution in [-0.2, 0) is 6.42 Å². The zero-order valence-corrected chi connectivity index (χ0v) is 10.6. The van der Waals surface area contributed by atoms with Crippen LogP contribution in [0.25, 0.3) is 0 Å². The highest BCUT2D eigenvalue weighted by Crippen LogP contribution is 2.39. The molecule has 0 bridgehead atoms. The van der Waals surface area contributed by atoms with Crippen LogP contribution in [0.2, 0.25) is 0 Å². The van der Waals surface area contributed by atoms with E-state index in [4.69, 9.17) is 0 Å². The van der Waals surface area contributed by atoms with Gasteiger partial charge in [0.1, 0.15) is 0 Å². The maximum atomic E-state index is 12.5. The molecule has 1 aromatic heterocycles. The number of fused-ring (bicyclic) bond motifs is 1. The van der Waals surface area contributed by atoms with E-state index < -0.39 is 0 Å². The number of hydrogen-bond acceptors (Lipinski definition) is 2. The van der Waals surface area contributed by atoms with Crippen molar-refractivity contribution >= 4 is 11.6 Å². The van der Waals surface area contributed by atoms with Crippen molar-refractivity contribution in [3.63, 3.8) is 0 Å². The van der Waals surface area contributed by atoms with Crippen molar-refractivity contribution in [3.05, 3.63) is 47.3 Å². The number of hydrogen-bond donors (Lipinski definition) is 1. The summed E-state index contributed by atoms with van der Waals surface area (Å²) < 4.78 is 0. The van der Waals surface area contributed by atoms with Gasteiger partial charge in [-0.05, 0) is 37.0 Å². The second-order valence-electron chi connectivity index (χ2n) is 5.32. The molecule has 19 heavy (non-hydrogen) atoms. The molecule has 0 radical (unpaired) electrons. The van der Waals surface area contributed by atoms with Crippen LogP contribution in [0.3, 0.4) is 0 Å². The number of aromatic nitrogens is 2. The van der Waals surface area contributed by atoms with Crippen molar-refractivity contribution in [3.8, 4) is 0 Å². The number of para-hydroxylation sites is 1. The molecule has 0 spiro atoms. The molecule has 0 atom stereocenters. The van der Waals surface area contributed by atoms with Crippen LogP contribution in [0.5, 0.6) is 0 Å². The molecule has 96 valence electrons. The lowest BCUT2D eigenvalue weighted by molar-refractivity contribution is 0.0984. The Morgan fingerprint density at radius 2 is 2.16 bits per heavy atom. The lowest BCUT2D eigenvalue weighted by Crippen LogP contribution is -2.29. The monoisotopic (exact) mass is 253 g/mol. The Hall–Kier alpha value is -2.10. The van der Waals surface area contributed by atoms with Crippen LogP contribution < -0.4 is 4.90 Å². The van der Waals surface area contributed by atoms with Gasteiger partial charge in [0.25, 0.3) is 5.91 Å². The fourth-order valence-corrected chi connectivity index (χ4v) is 2.74. The van der Waals surface area contributed by atoms with E-state index in [1.54, 1.807) is 0 Å². The molecule has 4 heteroatoms. The minimum Gasteiger partial charge on any atom is -0.306 e. The van der Waals surface area contributed by atoms with E-state index in [0.29, 0.717) is 11.6 Å². The van der Waals surface area contributed by atoms with Crippen molar-refractivity contribution in [1.82, 2.24) is 10.2 Å². The van der Waals surface area contributed by atoms with Crippen LogP contribution >= 0.6 is 0 Å². The highest BCUT2D eigenvalue weighted by molar-refractivity contribution is 6.06. The van der Waals surface area contributed by atoms with Crippen LogP contribution in [0.1, 0.15) is 40.5 Å². The fraction of sp³-hybridized carbons (Fsp3) is 0.333. The van der Waals surface area contributed by atoms with Crippen molar-refractivity contribution in [2.75, 3.05) is 11.4 Å². The lowest BCUT2D eigenvalue weighted by atomic mass is 10.2. The van der Waals surface area contributed by atoms with Crippen molar-refractivity contribution in [2.45, 2.75) is 25.2 Å². The zero-order valence-electron chi connectivity index (χ0n) is 10.6. The highest BCUT2D eigenvalue weighted by atomic mass is 16.2. The molecule has 1 amide bonds. The molecule has 4 rings (SSSR count). The van der Waals surface area contributed by atoms with Crippen LogP contribution in [0, 0.1) is 0 Å². The summed E-state index contributed by atoms with van der Waals surface area (Å²) in [7, 11) is 0. The van der Waals surface area contributed by atoms with E-state index in [0.717, 1.165) is 24.3 Å². The summed E-state index contributed by atoms with van der Waals surface area (Å²) in [6.45, 7) is 0.754. The predicted octanol–water partition coefficient (Wildman–Crippen LogP) is 2.49. The fourth-order valence-electron chi connectivity index (χ4n) is 2.74. The number of nitrogens with one attached hydrogen (secondary N) is 1. The number of benzene rings is 1. The zero-order chi connectivity index (χ0) is 12.8. The molecule has 1 saturated carbocycles. The maximum Gasteiger partial charge on any atom is 0.278 e. The molecule has 2 aliphatic rings. The van der Waals surface area contributed by atoms with E-state index in [-0.39, 0.29) is 5.91 Å². The van der Waals surface area contributed by atoms with Crippen LogP contribution in [0.4, 0.5) is 5.69 Å². The van der Waals surface area contributed by atoms with Gasteiger partial charge in [-0.1, -0.05) is 18.2 Å². The number of amides is 1. The van der Waals surface area contributed by atoms with Crippen molar-refractivity contribution in [1.29, 1.82) is 0 Å². The molecule has 1 fully saturated rings. The number of H-pyrrole nitrogens is 1. The number of rotatable bonds is 2. The minimum atomic E-state index is 0.00750. The van der Waals surface area contributed by atoms with Gasteiger partial charge in [-0.15, -0.1) is 0 Å². The Bertz CT molecular complexity index is 642. The first-order chi connectivity index (χ1) is 9.33. The number of nitrogens with zero attached hydrogens (tertiary/aromatic N) is 2. The summed E-state index contributed by atoms with van der Waals surface area (Å²) in [6, 6.07) is 10.0. The Balaban J connectivity index is 1.63. The van der Waals surface area contributed by atoms with Crippen LogP contribution in [0.15, 0.2) is 30.3 Å². The summed E-state index contributed by atoms with van der Waals surface area (Å²) in [5.41, 5.74) is 3.92.